The number of rotatable bonds is 9. The summed E-state index contributed by atoms with van der Waals surface area (Å²) in [6.07, 6.45) is 3.30. The Balaban J connectivity index is 1.73. The Bertz CT molecular complexity index is 1150. The summed E-state index contributed by atoms with van der Waals surface area (Å²) < 4.78 is 0.834. The number of nitrogens with one attached hydrogen (secondary N) is 2. The Morgan fingerprint density at radius 3 is 2.47 bits per heavy atom. The number of anilines is 2. The van der Waals surface area contributed by atoms with Crippen molar-refractivity contribution in [1.82, 2.24) is 5.43 Å². The molecule has 0 aliphatic carbocycles. The number of carbonyl (C=O) groups excluding carboxylic acids is 3. The third-order valence-electron chi connectivity index (χ3n) is 5.35. The van der Waals surface area contributed by atoms with Crippen LogP contribution in [-0.4, -0.2) is 40.6 Å². The Labute approximate surface area is 210 Å². The highest BCUT2D eigenvalue weighted by molar-refractivity contribution is 14.1. The highest BCUT2D eigenvalue weighted by atomic mass is 127. The zero-order valence-corrected chi connectivity index (χ0v) is 21.0. The number of carboxylic acid groups (broad SMARTS) is 1. The lowest BCUT2D eigenvalue weighted by Gasteiger charge is -2.21. The van der Waals surface area contributed by atoms with Gasteiger partial charge in [0.15, 0.2) is 5.71 Å². The number of carboxylic acids is 1. The number of nitrogens with zero attached hydrogens (tertiary/aromatic N) is 2. The minimum atomic E-state index is -1.15. The van der Waals surface area contributed by atoms with E-state index in [1.807, 2.05) is 0 Å². The van der Waals surface area contributed by atoms with Crippen molar-refractivity contribution >= 4 is 63.4 Å². The summed E-state index contributed by atoms with van der Waals surface area (Å²) in [6.45, 7) is 3.48. The summed E-state index contributed by atoms with van der Waals surface area (Å²) in [6, 6.07) is 10.4. The van der Waals surface area contributed by atoms with Crippen LogP contribution in [0.25, 0.3) is 0 Å². The fraction of sp³-hybridized carbons (Fsp3) is 0.292. The van der Waals surface area contributed by atoms with Gasteiger partial charge in [-0.05, 0) is 78.4 Å². The first-order chi connectivity index (χ1) is 16.2. The molecule has 0 saturated carbocycles. The first kappa shape index (κ1) is 25.3. The smallest absolute Gasteiger partial charge is 0.326 e. The van der Waals surface area contributed by atoms with Crippen LogP contribution in [0.5, 0.6) is 0 Å². The summed E-state index contributed by atoms with van der Waals surface area (Å²) in [5, 5.41) is 16.2. The zero-order chi connectivity index (χ0) is 24.8. The summed E-state index contributed by atoms with van der Waals surface area (Å²) in [7, 11) is 0. The zero-order valence-electron chi connectivity index (χ0n) is 18.8. The summed E-state index contributed by atoms with van der Waals surface area (Å²) in [5.74, 6) is -2.38. The van der Waals surface area contributed by atoms with Gasteiger partial charge in [-0.3, -0.25) is 19.3 Å². The van der Waals surface area contributed by atoms with Crippen molar-refractivity contribution in [2.24, 2.45) is 5.10 Å². The second kappa shape index (κ2) is 11.2. The van der Waals surface area contributed by atoms with Gasteiger partial charge in [0.1, 0.15) is 6.04 Å². The highest BCUT2D eigenvalue weighted by Gasteiger charge is 2.39. The van der Waals surface area contributed by atoms with Gasteiger partial charge in [-0.15, -0.1) is 0 Å². The van der Waals surface area contributed by atoms with Crippen LogP contribution < -0.4 is 15.6 Å². The van der Waals surface area contributed by atoms with Gasteiger partial charge in [0.25, 0.3) is 11.8 Å². The molecule has 2 aromatic carbocycles. The van der Waals surface area contributed by atoms with Gasteiger partial charge >= 0.3 is 5.97 Å². The first-order valence-corrected chi connectivity index (χ1v) is 11.9. The molecule has 1 heterocycles. The average molecular weight is 576 g/mol. The maximum absolute atomic E-state index is 12.9. The van der Waals surface area contributed by atoms with Gasteiger partial charge in [0, 0.05) is 26.8 Å². The van der Waals surface area contributed by atoms with E-state index < -0.39 is 23.8 Å². The highest BCUT2D eigenvalue weighted by Crippen LogP contribution is 2.32. The molecule has 3 rings (SSSR count). The van der Waals surface area contributed by atoms with Crippen molar-refractivity contribution in [3.8, 4) is 0 Å². The molecule has 34 heavy (non-hydrogen) atoms. The van der Waals surface area contributed by atoms with E-state index in [0.29, 0.717) is 23.4 Å². The number of halogens is 1. The van der Waals surface area contributed by atoms with Crippen LogP contribution in [0.2, 0.25) is 0 Å². The molecule has 9 nitrogen and oxygen atoms in total. The number of benzene rings is 2. The number of hydrazone groups is 1. The molecule has 0 bridgehead atoms. The molecule has 3 amide bonds. The SMILES string of the molecule is CCCCCC(=O)Nc1ccc(C(=O)NN=C2C(=O)N(C(C)C(=O)O)c3ccc(I)cc32)cc1. The molecular formula is C24H25IN4O5. The van der Waals surface area contributed by atoms with Gasteiger partial charge in [-0.25, -0.2) is 10.2 Å². The van der Waals surface area contributed by atoms with E-state index in [2.05, 4.69) is 45.4 Å². The van der Waals surface area contributed by atoms with Gasteiger partial charge in [0.05, 0.1) is 5.69 Å². The van der Waals surface area contributed by atoms with Crippen molar-refractivity contribution in [2.75, 3.05) is 10.2 Å². The van der Waals surface area contributed by atoms with E-state index in [1.165, 1.54) is 6.92 Å². The maximum Gasteiger partial charge on any atom is 0.326 e. The number of amides is 3. The summed E-state index contributed by atoms with van der Waals surface area (Å²) >= 11 is 2.08. The molecular weight excluding hydrogens is 551 g/mol. The Kier molecular flexibility index (Phi) is 8.37. The predicted octanol–water partition coefficient (Wildman–Crippen LogP) is 3.76. The lowest BCUT2D eigenvalue weighted by atomic mass is 10.1. The monoisotopic (exact) mass is 576 g/mol. The van der Waals surface area contributed by atoms with Crippen LogP contribution in [-0.2, 0) is 14.4 Å². The number of fused-ring (bicyclic) bond motifs is 1. The third kappa shape index (κ3) is 5.79. The van der Waals surface area contributed by atoms with E-state index in [1.54, 1.807) is 42.5 Å². The molecule has 1 aliphatic rings. The van der Waals surface area contributed by atoms with E-state index in [-0.39, 0.29) is 17.2 Å². The molecule has 1 unspecified atom stereocenters. The molecule has 0 spiro atoms. The predicted molar refractivity (Wildman–Crippen MR) is 137 cm³/mol. The molecule has 0 radical (unpaired) electrons. The molecule has 1 aliphatic heterocycles. The Hall–Kier alpha value is -3.28. The Morgan fingerprint density at radius 2 is 1.82 bits per heavy atom. The van der Waals surface area contributed by atoms with Crippen LogP contribution in [0, 0.1) is 3.57 Å². The Morgan fingerprint density at radius 1 is 1.12 bits per heavy atom. The second-order valence-corrected chi connectivity index (χ2v) is 9.08. The first-order valence-electron chi connectivity index (χ1n) is 10.9. The molecule has 0 aromatic heterocycles. The van der Waals surface area contributed by atoms with Crippen LogP contribution in [0.15, 0.2) is 47.6 Å². The fourth-order valence-electron chi connectivity index (χ4n) is 3.48. The van der Waals surface area contributed by atoms with E-state index in [0.717, 1.165) is 27.7 Å². The number of unbranched alkanes of at least 4 members (excludes halogenated alkanes) is 2. The second-order valence-electron chi connectivity index (χ2n) is 7.83. The number of carbonyl (C=O) groups is 4. The van der Waals surface area contributed by atoms with Crippen LogP contribution in [0.4, 0.5) is 11.4 Å². The van der Waals surface area contributed by atoms with Crippen LogP contribution in [0.1, 0.15) is 55.5 Å². The van der Waals surface area contributed by atoms with Crippen molar-refractivity contribution in [1.29, 1.82) is 0 Å². The molecule has 10 heteroatoms. The molecule has 2 aromatic rings. The number of hydrogen-bond donors (Lipinski definition) is 3. The minimum absolute atomic E-state index is 0.0362. The summed E-state index contributed by atoms with van der Waals surface area (Å²) in [5.41, 5.74) is 4.09. The average Bonchev–Trinajstić information content (AvgIpc) is 3.07. The van der Waals surface area contributed by atoms with Crippen molar-refractivity contribution in [3.63, 3.8) is 0 Å². The van der Waals surface area contributed by atoms with E-state index in [4.69, 9.17) is 0 Å². The minimum Gasteiger partial charge on any atom is -0.480 e. The molecule has 0 saturated heterocycles. The van der Waals surface area contributed by atoms with Crippen LogP contribution in [0.3, 0.4) is 0 Å². The lowest BCUT2D eigenvalue weighted by molar-refractivity contribution is -0.139. The number of aliphatic carboxylic acids is 1. The van der Waals surface area contributed by atoms with E-state index >= 15 is 0 Å². The van der Waals surface area contributed by atoms with Crippen molar-refractivity contribution in [3.05, 3.63) is 57.2 Å². The molecule has 1 atom stereocenters. The molecule has 178 valence electrons. The van der Waals surface area contributed by atoms with Crippen LogP contribution >= 0.6 is 22.6 Å². The number of hydrogen-bond acceptors (Lipinski definition) is 5. The standard InChI is InChI=1S/C24H25IN4O5/c1-3-4-5-6-20(30)26-17-10-7-15(8-11-17)22(31)28-27-21-18-13-16(25)9-12-19(18)29(23(21)32)14(2)24(33)34/h7-14H,3-6H2,1-2H3,(H,26,30)(H,28,31)(H,33,34). The van der Waals surface area contributed by atoms with Gasteiger partial charge in [-0.1, -0.05) is 19.8 Å². The molecule has 0 fully saturated rings. The van der Waals surface area contributed by atoms with Crippen molar-refractivity contribution in [2.45, 2.75) is 45.6 Å². The largest absolute Gasteiger partial charge is 0.480 e. The normalized spacial score (nSPS) is 14.6. The van der Waals surface area contributed by atoms with Gasteiger partial charge in [-0.2, -0.15) is 5.10 Å². The lowest BCUT2D eigenvalue weighted by Crippen LogP contribution is -2.43. The van der Waals surface area contributed by atoms with Gasteiger partial charge in [0.2, 0.25) is 5.91 Å². The summed E-state index contributed by atoms with van der Waals surface area (Å²) in [4.78, 5) is 50.1. The topological polar surface area (TPSA) is 128 Å². The fourth-order valence-corrected chi connectivity index (χ4v) is 3.98. The van der Waals surface area contributed by atoms with Gasteiger partial charge < -0.3 is 10.4 Å². The molecule has 3 N–H and O–H groups in total. The maximum atomic E-state index is 12.9. The van der Waals surface area contributed by atoms with Crippen molar-refractivity contribution < 1.29 is 24.3 Å². The van der Waals surface area contributed by atoms with E-state index in [9.17, 15) is 24.3 Å². The quantitative estimate of drug-likeness (QED) is 0.238. The third-order valence-corrected chi connectivity index (χ3v) is 6.02.